The fourth-order valence-corrected chi connectivity index (χ4v) is 6.67. The zero-order chi connectivity index (χ0) is 34.5. The second-order valence-corrected chi connectivity index (χ2v) is 12.8. The minimum Gasteiger partial charge on any atom is -0.508 e. The number of halogens is 2. The van der Waals surface area contributed by atoms with Crippen molar-refractivity contribution in [1.82, 2.24) is 24.2 Å². The molecule has 1 saturated heterocycles. The van der Waals surface area contributed by atoms with Crippen molar-refractivity contribution in [3.8, 4) is 16.9 Å². The number of piperazine rings is 1. The Bertz CT molecular complexity index is 2000. The summed E-state index contributed by atoms with van der Waals surface area (Å²) in [4.78, 5) is 30.4. The molecule has 15 heteroatoms. The molecule has 3 heterocycles. The molecule has 250 valence electrons. The maximum absolute atomic E-state index is 13.4. The lowest BCUT2D eigenvalue weighted by Crippen LogP contribution is -2.58. The quantitative estimate of drug-likeness (QED) is 0.212. The summed E-state index contributed by atoms with van der Waals surface area (Å²) >= 11 is 0. The number of carboxylic acids is 1. The van der Waals surface area contributed by atoms with Crippen LogP contribution < -0.4 is 10.6 Å². The number of phenols is 1. The van der Waals surface area contributed by atoms with Crippen molar-refractivity contribution in [3.63, 3.8) is 0 Å². The van der Waals surface area contributed by atoms with Gasteiger partial charge in [0.2, 0.25) is 10.0 Å². The van der Waals surface area contributed by atoms with Crippen LogP contribution in [-0.4, -0.2) is 74.5 Å². The molecule has 0 bridgehead atoms. The number of aromatic nitrogens is 4. The zero-order valence-corrected chi connectivity index (χ0v) is 26.6. The van der Waals surface area contributed by atoms with Gasteiger partial charge in [-0.3, -0.25) is 4.79 Å². The number of fused-ring (bicyclic) bond motifs is 1. The number of carboxylic acid groups (broad SMARTS) is 1. The normalized spacial score (nSPS) is 15.5. The molecule has 5 aromatic rings. The molecule has 4 N–H and O–H groups in total. The van der Waals surface area contributed by atoms with Crippen LogP contribution in [0.15, 0.2) is 96.4 Å². The monoisotopic (exact) mass is 677 g/mol. The number of sulfonamides is 1. The molecule has 2 aromatic heterocycles. The Labute approximate surface area is 275 Å². The number of phenolic OH excluding ortho intramolecular Hbond substituents is 1. The second kappa shape index (κ2) is 14.3. The van der Waals surface area contributed by atoms with Gasteiger partial charge in [-0.25, -0.2) is 37.1 Å². The molecule has 0 radical (unpaired) electrons. The van der Waals surface area contributed by atoms with Gasteiger partial charge in [-0.15, -0.1) is 0 Å². The maximum Gasteiger partial charge on any atom is 0.323 e. The summed E-state index contributed by atoms with van der Waals surface area (Å²) in [6.07, 6.45) is 4.19. The number of benzene rings is 3. The number of carbonyl (C=O) groups is 1. The Morgan fingerprint density at radius 2 is 1.73 bits per heavy atom. The Kier molecular flexibility index (Phi) is 10.2. The highest BCUT2D eigenvalue weighted by Crippen LogP contribution is 2.31. The molecule has 3 aromatic carbocycles. The van der Waals surface area contributed by atoms with E-state index in [1.165, 1.54) is 49.9 Å². The minimum absolute atomic E-state index is 0.0108. The first-order chi connectivity index (χ1) is 22.9. The van der Waals surface area contributed by atoms with Crippen molar-refractivity contribution >= 4 is 33.0 Å². The van der Waals surface area contributed by atoms with Crippen molar-refractivity contribution in [2.24, 2.45) is 5.73 Å². The summed E-state index contributed by atoms with van der Waals surface area (Å²) in [6.45, 7) is 1.95. The summed E-state index contributed by atoms with van der Waals surface area (Å²) in [5.74, 6) is -3.46. The summed E-state index contributed by atoms with van der Waals surface area (Å²) in [5, 5.41) is 19.5. The highest BCUT2D eigenvalue weighted by Gasteiger charge is 2.40. The number of hydrogen-bond donors (Lipinski definition) is 3. The van der Waals surface area contributed by atoms with Crippen LogP contribution in [0.5, 0.6) is 5.75 Å². The van der Waals surface area contributed by atoms with E-state index in [0.717, 1.165) is 21.0 Å². The van der Waals surface area contributed by atoms with E-state index >= 15 is 0 Å². The minimum atomic E-state index is -4.08. The van der Waals surface area contributed by atoms with Crippen molar-refractivity contribution < 1.29 is 32.2 Å². The average molecular weight is 678 g/mol. The standard InChI is InChI=1S/C23H20N6O5S.C10H13F2N/c30-17-3-1-2-16(10-17)15-4-6-18(7-5-15)35(33,34)29-9-8-28(13-20(29)23(31)32)21-12-25-19-11-24-14-26-22(19)27-21;1-2-10(11,12)9-5-3-8(7-13)4-6-9/h1-7,10-12,14,20,30H,8-9,13H2,(H,31,32);3-6H,2,7,13H2,1H3/t20-;/m1./s1. The van der Waals surface area contributed by atoms with E-state index in [1.54, 1.807) is 53.4 Å². The first kappa shape index (κ1) is 34.2. The molecular formula is C33H33F2N7O5S. The molecule has 0 saturated carbocycles. The molecule has 1 aliphatic rings. The topological polar surface area (TPSA) is 176 Å². The van der Waals surface area contributed by atoms with Gasteiger partial charge in [0.25, 0.3) is 5.92 Å². The molecule has 0 amide bonds. The van der Waals surface area contributed by atoms with E-state index in [-0.39, 0.29) is 42.3 Å². The summed E-state index contributed by atoms with van der Waals surface area (Å²) in [5.41, 5.74) is 8.61. The van der Waals surface area contributed by atoms with Crippen LogP contribution in [0, 0.1) is 0 Å². The number of nitrogens with zero attached hydrogens (tertiary/aromatic N) is 6. The maximum atomic E-state index is 13.4. The molecule has 48 heavy (non-hydrogen) atoms. The Hall–Kier alpha value is -5.12. The number of aromatic hydroxyl groups is 1. The third-order valence-corrected chi connectivity index (χ3v) is 9.77. The van der Waals surface area contributed by atoms with Gasteiger partial charge in [0, 0.05) is 38.2 Å². The highest BCUT2D eigenvalue weighted by atomic mass is 32.2. The van der Waals surface area contributed by atoms with Gasteiger partial charge in [-0.2, -0.15) is 4.31 Å². The molecule has 1 atom stereocenters. The van der Waals surface area contributed by atoms with E-state index in [9.17, 15) is 32.2 Å². The van der Waals surface area contributed by atoms with E-state index in [1.807, 2.05) is 0 Å². The van der Waals surface area contributed by atoms with Crippen LogP contribution in [0.3, 0.4) is 0 Å². The number of nitrogens with two attached hydrogens (primary N) is 1. The molecule has 1 fully saturated rings. The third-order valence-electron chi connectivity index (χ3n) is 7.85. The molecular weight excluding hydrogens is 644 g/mol. The van der Waals surface area contributed by atoms with Crippen molar-refractivity contribution in [3.05, 3.63) is 103 Å². The third kappa shape index (κ3) is 7.54. The lowest BCUT2D eigenvalue weighted by atomic mass is 10.0. The highest BCUT2D eigenvalue weighted by molar-refractivity contribution is 7.89. The number of anilines is 1. The Balaban J connectivity index is 0.000000292. The van der Waals surface area contributed by atoms with Gasteiger partial charge in [0.05, 0.1) is 17.3 Å². The lowest BCUT2D eigenvalue weighted by Gasteiger charge is -2.38. The molecule has 0 aliphatic carbocycles. The summed E-state index contributed by atoms with van der Waals surface area (Å²) in [7, 11) is -4.08. The Morgan fingerprint density at radius 1 is 1.00 bits per heavy atom. The summed E-state index contributed by atoms with van der Waals surface area (Å²) in [6, 6.07) is 17.6. The first-order valence-corrected chi connectivity index (χ1v) is 16.4. The molecule has 0 unspecified atom stereocenters. The van der Waals surface area contributed by atoms with Gasteiger partial charge in [-0.1, -0.05) is 55.5 Å². The van der Waals surface area contributed by atoms with E-state index < -0.39 is 28.0 Å². The number of hydrogen-bond acceptors (Lipinski definition) is 10. The molecule has 0 spiro atoms. The van der Waals surface area contributed by atoms with Crippen molar-refractivity contribution in [2.45, 2.75) is 36.7 Å². The first-order valence-electron chi connectivity index (χ1n) is 14.9. The lowest BCUT2D eigenvalue weighted by molar-refractivity contribution is -0.141. The predicted molar refractivity (Wildman–Crippen MR) is 175 cm³/mol. The Morgan fingerprint density at radius 3 is 2.38 bits per heavy atom. The number of alkyl halides is 2. The SMILES string of the molecule is CCC(F)(F)c1ccc(CN)cc1.O=C(O)[C@H]1CN(c2cnc3cncnc3n2)CCN1S(=O)(=O)c1ccc(-c2cccc(O)c2)cc1. The van der Waals surface area contributed by atoms with Gasteiger partial charge in [0.15, 0.2) is 5.65 Å². The van der Waals surface area contributed by atoms with Gasteiger partial charge in [-0.05, 0) is 41.0 Å². The molecule has 1 aliphatic heterocycles. The van der Waals surface area contributed by atoms with E-state index in [4.69, 9.17) is 5.73 Å². The van der Waals surface area contributed by atoms with Crippen LogP contribution in [0.25, 0.3) is 22.3 Å². The van der Waals surface area contributed by atoms with E-state index in [2.05, 4.69) is 19.9 Å². The largest absolute Gasteiger partial charge is 0.508 e. The van der Waals surface area contributed by atoms with Crippen molar-refractivity contribution in [1.29, 1.82) is 0 Å². The second-order valence-electron chi connectivity index (χ2n) is 10.9. The van der Waals surface area contributed by atoms with Gasteiger partial charge >= 0.3 is 5.97 Å². The van der Waals surface area contributed by atoms with Crippen LogP contribution >= 0.6 is 0 Å². The molecule has 12 nitrogen and oxygen atoms in total. The van der Waals surface area contributed by atoms with E-state index in [0.29, 0.717) is 23.5 Å². The van der Waals surface area contributed by atoms with Crippen LogP contribution in [0.1, 0.15) is 24.5 Å². The fraction of sp³-hybridized carbons (Fsp3) is 0.242. The number of aliphatic carboxylic acids is 1. The number of rotatable bonds is 8. The van der Waals surface area contributed by atoms with Crippen LogP contribution in [-0.2, 0) is 27.3 Å². The fourth-order valence-electron chi connectivity index (χ4n) is 5.10. The van der Waals surface area contributed by atoms with Crippen LogP contribution in [0.4, 0.5) is 14.6 Å². The van der Waals surface area contributed by atoms with Crippen molar-refractivity contribution in [2.75, 3.05) is 24.5 Å². The van der Waals surface area contributed by atoms with Gasteiger partial charge in [0.1, 0.15) is 29.5 Å². The van der Waals surface area contributed by atoms with Gasteiger partial charge < -0.3 is 20.8 Å². The summed E-state index contributed by atoms with van der Waals surface area (Å²) < 4.78 is 53.9. The molecule has 6 rings (SSSR count). The zero-order valence-electron chi connectivity index (χ0n) is 25.8. The average Bonchev–Trinajstić information content (AvgIpc) is 3.11. The van der Waals surface area contributed by atoms with Crippen LogP contribution in [0.2, 0.25) is 0 Å². The predicted octanol–water partition coefficient (Wildman–Crippen LogP) is 4.40. The smallest absolute Gasteiger partial charge is 0.323 e.